The molecule has 0 aliphatic carbocycles. The minimum Gasteiger partial charge on any atom is -0.480 e. The van der Waals surface area contributed by atoms with Gasteiger partial charge in [0.2, 0.25) is 5.88 Å². The molecule has 1 rings (SSSR count). The fourth-order valence-electron chi connectivity index (χ4n) is 0.334. The summed E-state index contributed by atoms with van der Waals surface area (Å²) in [6.07, 6.45) is 2.78. The first-order valence-corrected chi connectivity index (χ1v) is 2.10. The predicted molar refractivity (Wildman–Crippen MR) is 26.4 cm³/mol. The average molecular weight is 111 g/mol. The molecule has 0 atom stereocenters. The molecule has 0 bridgehead atoms. The van der Waals surface area contributed by atoms with Gasteiger partial charge in [0.25, 0.3) is 0 Å². The van der Waals surface area contributed by atoms with E-state index in [-0.39, 0.29) is 0 Å². The summed E-state index contributed by atoms with van der Waals surface area (Å²) in [7, 11) is 1.53. The van der Waals surface area contributed by atoms with Gasteiger partial charge in [0, 0.05) is 0 Å². The van der Waals surface area contributed by atoms with Crippen LogP contribution in [0.4, 0.5) is 0 Å². The molecule has 0 N–H and O–H groups in total. The molecule has 0 aliphatic heterocycles. The van der Waals surface area contributed by atoms with Crippen LogP contribution in [-0.4, -0.2) is 22.3 Å². The Balaban J connectivity index is 2.83. The van der Waals surface area contributed by atoms with Crippen LogP contribution in [0.25, 0.3) is 0 Å². The molecule has 4 heteroatoms. The van der Waals surface area contributed by atoms with Crippen molar-refractivity contribution in [3.63, 3.8) is 0 Å². The van der Waals surface area contributed by atoms with Crippen LogP contribution in [0.1, 0.15) is 0 Å². The Morgan fingerprint density at radius 2 is 2.38 bits per heavy atom. The molecule has 0 amide bonds. The lowest BCUT2D eigenvalue weighted by atomic mass is 10.8. The fourth-order valence-corrected chi connectivity index (χ4v) is 0.334. The molecule has 1 heterocycles. The second kappa shape index (κ2) is 2.20. The largest absolute Gasteiger partial charge is 0.480 e. The molecule has 0 fully saturated rings. The molecule has 1 aromatic rings. The van der Waals surface area contributed by atoms with Gasteiger partial charge in [0.15, 0.2) is 0 Å². The van der Waals surface area contributed by atoms with Gasteiger partial charge in [-0.15, -0.1) is 5.10 Å². The van der Waals surface area contributed by atoms with Gasteiger partial charge in [-0.1, -0.05) is 0 Å². The third-order valence-electron chi connectivity index (χ3n) is 0.681. The summed E-state index contributed by atoms with van der Waals surface area (Å²) in [5, 5.41) is 6.97. The highest BCUT2D eigenvalue weighted by atomic mass is 16.5. The van der Waals surface area contributed by atoms with Gasteiger partial charge >= 0.3 is 0 Å². The van der Waals surface area contributed by atoms with Crippen molar-refractivity contribution in [2.45, 2.75) is 0 Å². The zero-order chi connectivity index (χ0) is 5.82. The SMILES string of the molecule is COc1cnncn1. The molecule has 0 unspecified atom stereocenters. The highest BCUT2D eigenvalue weighted by Crippen LogP contribution is 1.95. The number of aromatic nitrogens is 3. The van der Waals surface area contributed by atoms with E-state index >= 15 is 0 Å². The molecule has 0 spiro atoms. The van der Waals surface area contributed by atoms with Crippen molar-refractivity contribution in [1.29, 1.82) is 0 Å². The summed E-state index contributed by atoms with van der Waals surface area (Å²) >= 11 is 0. The van der Waals surface area contributed by atoms with Gasteiger partial charge in [0.05, 0.1) is 7.11 Å². The first-order chi connectivity index (χ1) is 3.93. The highest BCUT2D eigenvalue weighted by Gasteiger charge is 1.84. The minimum atomic E-state index is 0.486. The Kier molecular flexibility index (Phi) is 1.37. The number of ether oxygens (including phenoxy) is 1. The molecule has 0 aliphatic rings. The molecule has 1 aromatic heterocycles. The molecule has 42 valence electrons. The lowest BCUT2D eigenvalue weighted by molar-refractivity contribution is 0.393. The summed E-state index contributed by atoms with van der Waals surface area (Å²) < 4.78 is 4.70. The molecule has 4 nitrogen and oxygen atoms in total. The van der Waals surface area contributed by atoms with Crippen molar-refractivity contribution in [3.05, 3.63) is 12.5 Å². The quantitative estimate of drug-likeness (QED) is 0.507. The molecule has 0 saturated heterocycles. The van der Waals surface area contributed by atoms with E-state index < -0.39 is 0 Å². The van der Waals surface area contributed by atoms with Crippen LogP contribution in [0.5, 0.6) is 5.88 Å². The lowest BCUT2D eigenvalue weighted by Crippen LogP contribution is -1.88. The van der Waals surface area contributed by atoms with Crippen LogP contribution in [0, 0.1) is 0 Å². The van der Waals surface area contributed by atoms with E-state index in [0.717, 1.165) is 0 Å². The van der Waals surface area contributed by atoms with Gasteiger partial charge in [-0.3, -0.25) is 0 Å². The number of hydrogen-bond acceptors (Lipinski definition) is 4. The highest BCUT2D eigenvalue weighted by molar-refractivity contribution is 4.97. The fraction of sp³-hybridized carbons (Fsp3) is 0.250. The molecular formula is C4H5N3O. The lowest BCUT2D eigenvalue weighted by Gasteiger charge is -1.90. The van der Waals surface area contributed by atoms with E-state index in [2.05, 4.69) is 15.2 Å². The smallest absolute Gasteiger partial charge is 0.235 e. The van der Waals surface area contributed by atoms with Crippen LogP contribution in [-0.2, 0) is 0 Å². The minimum absolute atomic E-state index is 0.486. The molecule has 0 aromatic carbocycles. The summed E-state index contributed by atoms with van der Waals surface area (Å²) in [4.78, 5) is 3.70. The monoisotopic (exact) mass is 111 g/mol. The number of methoxy groups -OCH3 is 1. The zero-order valence-corrected chi connectivity index (χ0v) is 4.40. The van der Waals surface area contributed by atoms with E-state index in [1.54, 1.807) is 0 Å². The Morgan fingerprint density at radius 1 is 1.50 bits per heavy atom. The maximum atomic E-state index is 4.70. The summed E-state index contributed by atoms with van der Waals surface area (Å²) in [6.45, 7) is 0. The topological polar surface area (TPSA) is 47.9 Å². The third-order valence-corrected chi connectivity index (χ3v) is 0.681. The molecule has 8 heavy (non-hydrogen) atoms. The number of rotatable bonds is 1. The van der Waals surface area contributed by atoms with Gasteiger partial charge in [0.1, 0.15) is 12.5 Å². The second-order valence-corrected chi connectivity index (χ2v) is 1.15. The Labute approximate surface area is 46.5 Å². The summed E-state index contributed by atoms with van der Waals surface area (Å²) in [5.41, 5.74) is 0. The van der Waals surface area contributed by atoms with Crippen LogP contribution in [0.2, 0.25) is 0 Å². The third kappa shape index (κ3) is 0.900. The van der Waals surface area contributed by atoms with Gasteiger partial charge in [-0.05, 0) is 0 Å². The number of hydrogen-bond donors (Lipinski definition) is 0. The van der Waals surface area contributed by atoms with Crippen LogP contribution >= 0.6 is 0 Å². The van der Waals surface area contributed by atoms with Crippen molar-refractivity contribution in [3.8, 4) is 5.88 Å². The van der Waals surface area contributed by atoms with Gasteiger partial charge < -0.3 is 4.74 Å². The Hall–Kier alpha value is -1.19. The maximum Gasteiger partial charge on any atom is 0.235 e. The van der Waals surface area contributed by atoms with E-state index in [4.69, 9.17) is 4.74 Å². The standard InChI is InChI=1S/C4H5N3O/c1-8-4-2-6-7-3-5-4/h2-3H,1H3. The first kappa shape index (κ1) is 4.96. The van der Waals surface area contributed by atoms with E-state index in [1.165, 1.54) is 19.6 Å². The normalized spacial score (nSPS) is 8.62. The molecule has 0 radical (unpaired) electrons. The Morgan fingerprint density at radius 3 is 2.75 bits per heavy atom. The summed E-state index contributed by atoms with van der Waals surface area (Å²) in [6, 6.07) is 0. The average Bonchev–Trinajstić information content (AvgIpc) is 1.90. The number of nitrogens with zero attached hydrogens (tertiary/aromatic N) is 3. The summed E-state index contributed by atoms with van der Waals surface area (Å²) in [5.74, 6) is 0.486. The zero-order valence-electron chi connectivity index (χ0n) is 4.40. The van der Waals surface area contributed by atoms with Gasteiger partial charge in [-0.25, -0.2) is 0 Å². The second-order valence-electron chi connectivity index (χ2n) is 1.15. The van der Waals surface area contributed by atoms with Crippen molar-refractivity contribution < 1.29 is 4.74 Å². The molecule has 0 saturated carbocycles. The van der Waals surface area contributed by atoms with E-state index in [9.17, 15) is 0 Å². The first-order valence-electron chi connectivity index (χ1n) is 2.10. The maximum absolute atomic E-state index is 4.70. The van der Waals surface area contributed by atoms with Crippen molar-refractivity contribution >= 4 is 0 Å². The Bertz CT molecular complexity index is 153. The van der Waals surface area contributed by atoms with Crippen molar-refractivity contribution in [2.75, 3.05) is 7.11 Å². The van der Waals surface area contributed by atoms with E-state index in [1.807, 2.05) is 0 Å². The predicted octanol–water partition coefficient (Wildman–Crippen LogP) is -0.120. The van der Waals surface area contributed by atoms with Crippen molar-refractivity contribution in [2.24, 2.45) is 0 Å². The van der Waals surface area contributed by atoms with E-state index in [0.29, 0.717) is 5.88 Å². The van der Waals surface area contributed by atoms with Crippen LogP contribution in [0.15, 0.2) is 12.5 Å². The van der Waals surface area contributed by atoms with Crippen LogP contribution in [0.3, 0.4) is 0 Å². The van der Waals surface area contributed by atoms with Crippen LogP contribution < -0.4 is 4.74 Å². The molecular weight excluding hydrogens is 106 g/mol. The van der Waals surface area contributed by atoms with Gasteiger partial charge in [-0.2, -0.15) is 10.1 Å². The van der Waals surface area contributed by atoms with Crippen molar-refractivity contribution in [1.82, 2.24) is 15.2 Å².